The minimum Gasteiger partial charge on any atom is -0.486 e. The number of hydrogen-bond donors (Lipinski definition) is 0. The van der Waals surface area contributed by atoms with Gasteiger partial charge in [0, 0.05) is 6.54 Å². The van der Waals surface area contributed by atoms with Gasteiger partial charge < -0.3 is 9.47 Å². The van der Waals surface area contributed by atoms with Crippen molar-refractivity contribution in [2.24, 2.45) is 0 Å². The van der Waals surface area contributed by atoms with Gasteiger partial charge in [-0.3, -0.25) is 4.90 Å². The quantitative estimate of drug-likeness (QED) is 0.826. The molecule has 0 amide bonds. The number of benzene rings is 1. The van der Waals surface area contributed by atoms with Gasteiger partial charge in [-0.2, -0.15) is 0 Å². The highest BCUT2D eigenvalue weighted by Crippen LogP contribution is 2.38. The Morgan fingerprint density at radius 3 is 2.59 bits per heavy atom. The largest absolute Gasteiger partial charge is 0.486 e. The molecule has 0 bridgehead atoms. The van der Waals surface area contributed by atoms with Crippen molar-refractivity contribution in [3.8, 4) is 11.5 Å². The Bertz CT molecular complexity index is 391. The van der Waals surface area contributed by atoms with E-state index in [1.165, 1.54) is 5.56 Å². The number of nitrogens with zero attached hydrogens (tertiary/aromatic N) is 1. The molecule has 0 saturated heterocycles. The molecule has 94 valence electrons. The highest BCUT2D eigenvalue weighted by Gasteiger charge is 2.17. The van der Waals surface area contributed by atoms with Gasteiger partial charge in [0.2, 0.25) is 0 Å². The summed E-state index contributed by atoms with van der Waals surface area (Å²) < 4.78 is 11.1. The Hall–Kier alpha value is -0.930. The molecule has 0 N–H and O–H groups in total. The third kappa shape index (κ3) is 2.85. The van der Waals surface area contributed by atoms with E-state index in [0.29, 0.717) is 24.0 Å². The summed E-state index contributed by atoms with van der Waals surface area (Å²) in [4.78, 5) is 2.34. The number of fused-ring (bicyclic) bond motifs is 1. The van der Waals surface area contributed by atoms with E-state index in [1.807, 2.05) is 12.1 Å². The first-order chi connectivity index (χ1) is 8.24. The molecule has 0 atom stereocenters. The fraction of sp³-hybridized carbons (Fsp3) is 0.538. The molecular weight excluding hydrogens is 238 g/mol. The van der Waals surface area contributed by atoms with Crippen LogP contribution in [0.3, 0.4) is 0 Å². The standard InChI is InChI=1S/C13H18ClNO2/c1-3-15(4-2)9-10-7-11(14)13-12(8-10)16-5-6-17-13/h7-8H,3-6,9H2,1-2H3. The van der Waals surface area contributed by atoms with Crippen molar-refractivity contribution in [1.82, 2.24) is 4.90 Å². The Labute approximate surface area is 107 Å². The van der Waals surface area contributed by atoms with Crippen LogP contribution in [-0.2, 0) is 6.54 Å². The first kappa shape index (κ1) is 12.5. The predicted molar refractivity (Wildman–Crippen MR) is 69.1 cm³/mol. The number of rotatable bonds is 4. The molecule has 0 saturated carbocycles. The van der Waals surface area contributed by atoms with Crippen LogP contribution < -0.4 is 9.47 Å². The molecule has 1 aromatic carbocycles. The third-order valence-electron chi connectivity index (χ3n) is 2.96. The molecule has 0 radical (unpaired) electrons. The Morgan fingerprint density at radius 1 is 1.18 bits per heavy atom. The molecule has 17 heavy (non-hydrogen) atoms. The van der Waals surface area contributed by atoms with E-state index >= 15 is 0 Å². The van der Waals surface area contributed by atoms with Crippen molar-refractivity contribution in [3.05, 3.63) is 22.7 Å². The summed E-state index contributed by atoms with van der Waals surface area (Å²) >= 11 is 6.19. The highest BCUT2D eigenvalue weighted by molar-refractivity contribution is 6.32. The average molecular weight is 256 g/mol. The summed E-state index contributed by atoms with van der Waals surface area (Å²) in [5.74, 6) is 1.45. The van der Waals surface area contributed by atoms with Gasteiger partial charge in [-0.05, 0) is 30.8 Å². The monoisotopic (exact) mass is 255 g/mol. The van der Waals surface area contributed by atoms with Crippen LogP contribution in [0.15, 0.2) is 12.1 Å². The summed E-state index contributed by atoms with van der Waals surface area (Å²) in [6, 6.07) is 3.99. The van der Waals surface area contributed by atoms with E-state index in [2.05, 4.69) is 18.7 Å². The molecule has 2 rings (SSSR count). The second-order valence-corrected chi connectivity index (χ2v) is 4.47. The van der Waals surface area contributed by atoms with Gasteiger partial charge in [-0.1, -0.05) is 25.4 Å². The lowest BCUT2D eigenvalue weighted by molar-refractivity contribution is 0.171. The van der Waals surface area contributed by atoms with Crippen molar-refractivity contribution in [2.75, 3.05) is 26.3 Å². The lowest BCUT2D eigenvalue weighted by Crippen LogP contribution is -2.22. The van der Waals surface area contributed by atoms with E-state index in [9.17, 15) is 0 Å². The zero-order valence-electron chi connectivity index (χ0n) is 10.3. The van der Waals surface area contributed by atoms with Gasteiger partial charge in [0.15, 0.2) is 11.5 Å². The second kappa shape index (κ2) is 5.61. The normalized spacial score (nSPS) is 14.1. The summed E-state index contributed by atoms with van der Waals surface area (Å²) in [5.41, 5.74) is 1.17. The van der Waals surface area contributed by atoms with E-state index < -0.39 is 0 Å². The lowest BCUT2D eigenvalue weighted by Gasteiger charge is -2.22. The maximum absolute atomic E-state index is 6.19. The molecule has 1 aromatic rings. The highest BCUT2D eigenvalue weighted by atomic mass is 35.5. The van der Waals surface area contributed by atoms with E-state index in [-0.39, 0.29) is 0 Å². The van der Waals surface area contributed by atoms with Crippen LogP contribution in [0, 0.1) is 0 Å². The molecule has 1 heterocycles. The fourth-order valence-corrected chi connectivity index (χ4v) is 2.25. The minimum atomic E-state index is 0.572. The number of halogens is 1. The maximum Gasteiger partial charge on any atom is 0.179 e. The molecule has 0 aliphatic carbocycles. The zero-order chi connectivity index (χ0) is 12.3. The van der Waals surface area contributed by atoms with Crippen molar-refractivity contribution >= 4 is 11.6 Å². The fourth-order valence-electron chi connectivity index (χ4n) is 1.96. The van der Waals surface area contributed by atoms with Crippen molar-refractivity contribution in [1.29, 1.82) is 0 Å². The summed E-state index contributed by atoms with van der Waals surface area (Å²) in [6.45, 7) is 8.43. The van der Waals surface area contributed by atoms with Crippen LogP contribution >= 0.6 is 11.6 Å². The van der Waals surface area contributed by atoms with Gasteiger partial charge >= 0.3 is 0 Å². The van der Waals surface area contributed by atoms with Crippen molar-refractivity contribution in [3.63, 3.8) is 0 Å². The maximum atomic E-state index is 6.19. The molecule has 4 heteroatoms. The SMILES string of the molecule is CCN(CC)Cc1cc(Cl)c2c(c1)OCCO2. The van der Waals surface area contributed by atoms with Crippen molar-refractivity contribution < 1.29 is 9.47 Å². The number of hydrogen-bond acceptors (Lipinski definition) is 3. The lowest BCUT2D eigenvalue weighted by atomic mass is 10.1. The third-order valence-corrected chi connectivity index (χ3v) is 3.24. The van der Waals surface area contributed by atoms with Gasteiger partial charge in [0.05, 0.1) is 5.02 Å². The molecule has 1 aliphatic rings. The summed E-state index contributed by atoms with van der Waals surface area (Å²) in [6.07, 6.45) is 0. The molecule has 0 spiro atoms. The van der Waals surface area contributed by atoms with E-state index in [1.54, 1.807) is 0 Å². The van der Waals surface area contributed by atoms with Gasteiger partial charge in [-0.25, -0.2) is 0 Å². The van der Waals surface area contributed by atoms with Gasteiger partial charge in [0.25, 0.3) is 0 Å². The first-order valence-electron chi connectivity index (χ1n) is 6.05. The summed E-state index contributed by atoms with van der Waals surface area (Å²) in [7, 11) is 0. The molecular formula is C13H18ClNO2. The minimum absolute atomic E-state index is 0.572. The Kier molecular flexibility index (Phi) is 4.13. The Balaban J connectivity index is 2.21. The predicted octanol–water partition coefficient (Wildman–Crippen LogP) is 2.95. The van der Waals surface area contributed by atoms with Crippen LogP contribution in [0.5, 0.6) is 11.5 Å². The van der Waals surface area contributed by atoms with E-state index in [4.69, 9.17) is 21.1 Å². The summed E-state index contributed by atoms with van der Waals surface area (Å²) in [5, 5.41) is 0.643. The van der Waals surface area contributed by atoms with Crippen LogP contribution in [0.1, 0.15) is 19.4 Å². The van der Waals surface area contributed by atoms with Crippen molar-refractivity contribution in [2.45, 2.75) is 20.4 Å². The first-order valence-corrected chi connectivity index (χ1v) is 6.42. The molecule has 0 fully saturated rings. The van der Waals surface area contributed by atoms with E-state index in [0.717, 1.165) is 25.4 Å². The number of ether oxygens (including phenoxy) is 2. The van der Waals surface area contributed by atoms with Crippen LogP contribution in [0.4, 0.5) is 0 Å². The van der Waals surface area contributed by atoms with Crippen LogP contribution in [0.2, 0.25) is 5.02 Å². The Morgan fingerprint density at radius 2 is 1.88 bits per heavy atom. The molecule has 0 aromatic heterocycles. The van der Waals surface area contributed by atoms with Crippen LogP contribution in [0.25, 0.3) is 0 Å². The molecule has 3 nitrogen and oxygen atoms in total. The smallest absolute Gasteiger partial charge is 0.179 e. The zero-order valence-corrected chi connectivity index (χ0v) is 11.1. The molecule has 1 aliphatic heterocycles. The van der Waals surface area contributed by atoms with Crippen LogP contribution in [-0.4, -0.2) is 31.2 Å². The van der Waals surface area contributed by atoms with Gasteiger partial charge in [-0.15, -0.1) is 0 Å². The molecule has 0 unspecified atom stereocenters. The topological polar surface area (TPSA) is 21.7 Å². The second-order valence-electron chi connectivity index (χ2n) is 4.06. The van der Waals surface area contributed by atoms with Gasteiger partial charge in [0.1, 0.15) is 13.2 Å². The average Bonchev–Trinajstić information content (AvgIpc) is 2.36.